The van der Waals surface area contributed by atoms with Crippen LogP contribution < -0.4 is 5.73 Å². The molecule has 4 nitrogen and oxygen atoms in total. The lowest BCUT2D eigenvalue weighted by Gasteiger charge is -2.20. The number of hydrogen-bond donors (Lipinski definition) is 2. The molecule has 0 unspecified atom stereocenters. The standard InChI is InChI=1S/C6H13NO3/c1-3-6(7,4-2)5(8)10-9/h9H,3-4,7H2,1-2H3. The van der Waals surface area contributed by atoms with Crippen molar-refractivity contribution in [2.45, 2.75) is 32.2 Å². The molecule has 0 saturated carbocycles. The topological polar surface area (TPSA) is 72.6 Å². The van der Waals surface area contributed by atoms with E-state index in [9.17, 15) is 4.79 Å². The minimum atomic E-state index is -1.02. The molecule has 0 amide bonds. The van der Waals surface area contributed by atoms with Crippen molar-refractivity contribution in [2.75, 3.05) is 0 Å². The van der Waals surface area contributed by atoms with E-state index in [1.807, 2.05) is 0 Å². The molecule has 0 aliphatic heterocycles. The summed E-state index contributed by atoms with van der Waals surface area (Å²) in [5.41, 5.74) is 4.50. The van der Waals surface area contributed by atoms with Crippen LogP contribution in [0.1, 0.15) is 26.7 Å². The van der Waals surface area contributed by atoms with Crippen LogP contribution in [0.4, 0.5) is 0 Å². The predicted octanol–water partition coefficient (Wildman–Crippen LogP) is 0.520. The monoisotopic (exact) mass is 147 g/mol. The van der Waals surface area contributed by atoms with E-state index in [4.69, 9.17) is 11.0 Å². The van der Waals surface area contributed by atoms with Gasteiger partial charge in [0.2, 0.25) is 0 Å². The van der Waals surface area contributed by atoms with Gasteiger partial charge in [0.1, 0.15) is 5.54 Å². The Morgan fingerprint density at radius 2 is 2.00 bits per heavy atom. The van der Waals surface area contributed by atoms with Crippen molar-refractivity contribution in [2.24, 2.45) is 5.73 Å². The highest BCUT2D eigenvalue weighted by atomic mass is 17.1. The fraction of sp³-hybridized carbons (Fsp3) is 0.833. The summed E-state index contributed by atoms with van der Waals surface area (Å²) in [5.74, 6) is -0.766. The van der Waals surface area contributed by atoms with Gasteiger partial charge in [-0.05, 0) is 12.8 Å². The molecule has 0 aromatic rings. The molecule has 10 heavy (non-hydrogen) atoms. The second-order valence-corrected chi connectivity index (χ2v) is 2.24. The van der Waals surface area contributed by atoms with Crippen LogP contribution in [0, 0.1) is 0 Å². The second kappa shape index (κ2) is 3.53. The Bertz CT molecular complexity index is 120. The summed E-state index contributed by atoms with van der Waals surface area (Å²) in [6, 6.07) is 0. The molecular weight excluding hydrogens is 134 g/mol. The Hall–Kier alpha value is -0.610. The first kappa shape index (κ1) is 9.39. The smallest absolute Gasteiger partial charge is 0.316 e. The molecule has 60 valence electrons. The third kappa shape index (κ3) is 1.68. The SMILES string of the molecule is CCC(N)(CC)C(=O)OO. The van der Waals surface area contributed by atoms with Gasteiger partial charge < -0.3 is 5.73 Å². The quantitative estimate of drug-likeness (QED) is 0.451. The molecule has 3 N–H and O–H groups in total. The zero-order valence-electron chi connectivity index (χ0n) is 6.26. The Kier molecular flexibility index (Phi) is 3.32. The molecule has 0 heterocycles. The summed E-state index contributed by atoms with van der Waals surface area (Å²) in [7, 11) is 0. The highest BCUT2D eigenvalue weighted by Crippen LogP contribution is 2.12. The molecule has 0 aromatic heterocycles. The van der Waals surface area contributed by atoms with E-state index in [1.54, 1.807) is 13.8 Å². The largest absolute Gasteiger partial charge is 0.361 e. The van der Waals surface area contributed by atoms with Crippen molar-refractivity contribution in [3.05, 3.63) is 0 Å². The van der Waals surface area contributed by atoms with Gasteiger partial charge >= 0.3 is 5.97 Å². The summed E-state index contributed by atoms with van der Waals surface area (Å²) in [6.07, 6.45) is 0.922. The average molecular weight is 147 g/mol. The van der Waals surface area contributed by atoms with E-state index in [2.05, 4.69) is 4.89 Å². The maximum absolute atomic E-state index is 10.7. The van der Waals surface area contributed by atoms with Gasteiger partial charge in [-0.1, -0.05) is 13.8 Å². The minimum Gasteiger partial charge on any atom is -0.316 e. The van der Waals surface area contributed by atoms with Crippen LogP contribution in [-0.2, 0) is 9.68 Å². The summed E-state index contributed by atoms with van der Waals surface area (Å²) in [6.45, 7) is 3.53. The van der Waals surface area contributed by atoms with Gasteiger partial charge in [0.25, 0.3) is 0 Å². The highest BCUT2D eigenvalue weighted by molar-refractivity contribution is 5.79. The van der Waals surface area contributed by atoms with E-state index in [0.29, 0.717) is 12.8 Å². The van der Waals surface area contributed by atoms with Gasteiger partial charge in [0, 0.05) is 0 Å². The Morgan fingerprint density at radius 1 is 1.60 bits per heavy atom. The molecule has 0 aliphatic rings. The van der Waals surface area contributed by atoms with Crippen LogP contribution in [0.15, 0.2) is 0 Å². The summed E-state index contributed by atoms with van der Waals surface area (Å²) in [4.78, 5) is 14.2. The van der Waals surface area contributed by atoms with E-state index in [1.165, 1.54) is 0 Å². The third-order valence-electron chi connectivity index (χ3n) is 1.75. The molecule has 0 spiro atoms. The number of hydrogen-bond acceptors (Lipinski definition) is 4. The van der Waals surface area contributed by atoms with Crippen molar-refractivity contribution in [1.82, 2.24) is 0 Å². The first-order valence-corrected chi connectivity index (χ1v) is 3.25. The summed E-state index contributed by atoms with van der Waals surface area (Å²) in [5, 5.41) is 8.00. The second-order valence-electron chi connectivity index (χ2n) is 2.24. The fourth-order valence-electron chi connectivity index (χ4n) is 0.630. The van der Waals surface area contributed by atoms with E-state index >= 15 is 0 Å². The van der Waals surface area contributed by atoms with Crippen molar-refractivity contribution >= 4 is 5.97 Å². The zero-order chi connectivity index (χ0) is 8.20. The molecule has 0 bridgehead atoms. The van der Waals surface area contributed by atoms with Crippen LogP contribution in [-0.4, -0.2) is 16.8 Å². The predicted molar refractivity (Wildman–Crippen MR) is 36.2 cm³/mol. The number of rotatable bonds is 3. The highest BCUT2D eigenvalue weighted by Gasteiger charge is 2.31. The molecule has 0 aromatic carbocycles. The third-order valence-corrected chi connectivity index (χ3v) is 1.75. The van der Waals surface area contributed by atoms with Crippen molar-refractivity contribution in [3.8, 4) is 0 Å². The van der Waals surface area contributed by atoms with Crippen molar-refractivity contribution in [3.63, 3.8) is 0 Å². The van der Waals surface area contributed by atoms with Crippen LogP contribution in [0.3, 0.4) is 0 Å². The van der Waals surface area contributed by atoms with E-state index < -0.39 is 11.5 Å². The maximum atomic E-state index is 10.7. The van der Waals surface area contributed by atoms with E-state index in [0.717, 1.165) is 0 Å². The number of carbonyl (C=O) groups excluding carboxylic acids is 1. The lowest BCUT2D eigenvalue weighted by Crippen LogP contribution is -2.47. The Morgan fingerprint density at radius 3 is 2.10 bits per heavy atom. The number of carbonyl (C=O) groups is 1. The minimum absolute atomic E-state index is 0.461. The lowest BCUT2D eigenvalue weighted by atomic mass is 9.95. The molecule has 0 fully saturated rings. The first-order valence-electron chi connectivity index (χ1n) is 3.25. The maximum Gasteiger partial charge on any atom is 0.361 e. The van der Waals surface area contributed by atoms with Crippen LogP contribution >= 0.6 is 0 Å². The van der Waals surface area contributed by atoms with E-state index in [-0.39, 0.29) is 0 Å². The molecule has 4 heteroatoms. The summed E-state index contributed by atoms with van der Waals surface area (Å²) < 4.78 is 0. The Labute approximate surface area is 59.9 Å². The van der Waals surface area contributed by atoms with Gasteiger partial charge in [-0.3, -0.25) is 4.89 Å². The van der Waals surface area contributed by atoms with Gasteiger partial charge in [-0.25, -0.2) is 4.79 Å². The first-order chi connectivity index (χ1) is 4.60. The van der Waals surface area contributed by atoms with Gasteiger partial charge in [0.15, 0.2) is 0 Å². The molecule has 0 radical (unpaired) electrons. The molecule has 0 atom stereocenters. The molecule has 0 saturated heterocycles. The number of nitrogens with two attached hydrogens (primary N) is 1. The summed E-state index contributed by atoms with van der Waals surface area (Å²) >= 11 is 0. The average Bonchev–Trinajstić information content (AvgIpc) is 2.01. The van der Waals surface area contributed by atoms with Crippen molar-refractivity contribution in [1.29, 1.82) is 0 Å². The molecular formula is C6H13NO3. The van der Waals surface area contributed by atoms with Gasteiger partial charge in [-0.2, -0.15) is 5.26 Å². The lowest BCUT2D eigenvalue weighted by molar-refractivity contribution is -0.240. The van der Waals surface area contributed by atoms with Gasteiger partial charge in [-0.15, -0.1) is 0 Å². The zero-order valence-corrected chi connectivity index (χ0v) is 6.26. The Balaban J connectivity index is 4.17. The normalized spacial score (nSPS) is 11.2. The van der Waals surface area contributed by atoms with Crippen molar-refractivity contribution < 1.29 is 14.9 Å². The van der Waals surface area contributed by atoms with Crippen LogP contribution in [0.25, 0.3) is 0 Å². The van der Waals surface area contributed by atoms with Crippen LogP contribution in [0.5, 0.6) is 0 Å². The fourth-order valence-corrected chi connectivity index (χ4v) is 0.630. The van der Waals surface area contributed by atoms with Crippen LogP contribution in [0.2, 0.25) is 0 Å². The molecule has 0 rings (SSSR count). The van der Waals surface area contributed by atoms with Gasteiger partial charge in [0.05, 0.1) is 0 Å². The molecule has 0 aliphatic carbocycles.